The highest BCUT2D eigenvalue weighted by Crippen LogP contribution is 2.26. The van der Waals surface area contributed by atoms with Gasteiger partial charge in [0.05, 0.1) is 0 Å². The zero-order chi connectivity index (χ0) is 18.7. The van der Waals surface area contributed by atoms with Crippen LogP contribution in [0.4, 0.5) is 11.4 Å². The van der Waals surface area contributed by atoms with E-state index in [1.54, 1.807) is 36.4 Å². The Bertz CT molecular complexity index is 983. The normalized spacial score (nSPS) is 10.8. The van der Waals surface area contributed by atoms with Crippen LogP contribution in [0.5, 0.6) is 0 Å². The van der Waals surface area contributed by atoms with Crippen molar-refractivity contribution in [2.75, 3.05) is 10.6 Å². The van der Waals surface area contributed by atoms with E-state index in [0.717, 1.165) is 10.8 Å². The average molecular weight is 367 g/mol. The van der Waals surface area contributed by atoms with Crippen LogP contribution >= 0.6 is 11.6 Å². The summed E-state index contributed by atoms with van der Waals surface area (Å²) in [7, 11) is 0. The number of hydrogen-bond acceptors (Lipinski definition) is 2. The van der Waals surface area contributed by atoms with Gasteiger partial charge in [-0.25, -0.2) is 0 Å². The molecule has 0 aliphatic rings. The fraction of sp³-hybridized carbons (Fsp3) is 0.143. The Morgan fingerprint density at radius 3 is 2.19 bits per heavy atom. The van der Waals surface area contributed by atoms with E-state index < -0.39 is 0 Å². The Morgan fingerprint density at radius 1 is 0.846 bits per heavy atom. The number of hydrogen-bond donors (Lipinski definition) is 2. The Balaban J connectivity index is 1.85. The van der Waals surface area contributed by atoms with Crippen molar-refractivity contribution in [3.63, 3.8) is 0 Å². The minimum Gasteiger partial charge on any atom is -0.326 e. The van der Waals surface area contributed by atoms with E-state index in [9.17, 15) is 9.59 Å². The second-order valence-corrected chi connectivity index (χ2v) is 6.73. The van der Waals surface area contributed by atoms with E-state index in [-0.39, 0.29) is 17.7 Å². The van der Waals surface area contributed by atoms with E-state index in [1.165, 1.54) is 0 Å². The van der Waals surface area contributed by atoms with Crippen LogP contribution in [-0.4, -0.2) is 11.8 Å². The lowest BCUT2D eigenvalue weighted by Crippen LogP contribution is -2.18. The van der Waals surface area contributed by atoms with E-state index in [1.807, 2.05) is 38.1 Å². The lowest BCUT2D eigenvalue weighted by molar-refractivity contribution is -0.118. The number of rotatable bonds is 4. The molecule has 132 valence electrons. The van der Waals surface area contributed by atoms with E-state index in [0.29, 0.717) is 22.0 Å². The number of carbonyl (C=O) groups is 2. The van der Waals surface area contributed by atoms with Gasteiger partial charge >= 0.3 is 0 Å². The van der Waals surface area contributed by atoms with Crippen molar-refractivity contribution in [1.82, 2.24) is 0 Å². The maximum atomic E-state index is 12.7. The second kappa shape index (κ2) is 7.58. The van der Waals surface area contributed by atoms with Gasteiger partial charge in [0, 0.05) is 33.3 Å². The summed E-state index contributed by atoms with van der Waals surface area (Å²) >= 11 is 6.22. The standard InChI is InChI=1S/C21H19ClN2O2/c1-13(2)20(25)23-14-6-3-7-15(12-14)24-21(26)18-10-4-9-17-16(18)8-5-11-19(17)22/h3-13H,1-2H3,(H,23,25)(H,24,26). The van der Waals surface area contributed by atoms with Gasteiger partial charge in [-0.1, -0.05) is 55.8 Å². The summed E-state index contributed by atoms with van der Waals surface area (Å²) in [6, 6.07) is 18.0. The minimum absolute atomic E-state index is 0.0721. The number of benzene rings is 3. The van der Waals surface area contributed by atoms with Crippen molar-refractivity contribution in [3.8, 4) is 0 Å². The highest BCUT2D eigenvalue weighted by atomic mass is 35.5. The van der Waals surface area contributed by atoms with Crippen molar-refractivity contribution in [1.29, 1.82) is 0 Å². The molecule has 0 fully saturated rings. The van der Waals surface area contributed by atoms with Gasteiger partial charge < -0.3 is 10.6 Å². The van der Waals surface area contributed by atoms with Crippen LogP contribution in [0.3, 0.4) is 0 Å². The Hall–Kier alpha value is -2.85. The van der Waals surface area contributed by atoms with E-state index in [2.05, 4.69) is 10.6 Å². The summed E-state index contributed by atoms with van der Waals surface area (Å²) < 4.78 is 0. The highest BCUT2D eigenvalue weighted by molar-refractivity contribution is 6.36. The summed E-state index contributed by atoms with van der Waals surface area (Å²) in [5.74, 6) is -0.420. The largest absolute Gasteiger partial charge is 0.326 e. The van der Waals surface area contributed by atoms with Crippen LogP contribution in [0.15, 0.2) is 60.7 Å². The first-order valence-corrected chi connectivity index (χ1v) is 8.73. The first-order chi connectivity index (χ1) is 12.5. The molecule has 0 saturated carbocycles. The van der Waals surface area contributed by atoms with Crippen LogP contribution < -0.4 is 10.6 Å². The van der Waals surface area contributed by atoms with Crippen LogP contribution in [0.2, 0.25) is 5.02 Å². The molecular formula is C21H19ClN2O2. The zero-order valence-corrected chi connectivity index (χ0v) is 15.3. The monoisotopic (exact) mass is 366 g/mol. The molecule has 5 heteroatoms. The number of anilines is 2. The lowest BCUT2D eigenvalue weighted by atomic mass is 10.0. The molecule has 0 saturated heterocycles. The molecule has 2 N–H and O–H groups in total. The van der Waals surface area contributed by atoms with Crippen LogP contribution in [-0.2, 0) is 4.79 Å². The molecule has 0 aliphatic carbocycles. The predicted octanol–water partition coefficient (Wildman–Crippen LogP) is 5.34. The molecular weight excluding hydrogens is 348 g/mol. The Labute approximate surface area is 157 Å². The number of halogens is 1. The average Bonchev–Trinajstić information content (AvgIpc) is 2.62. The quantitative estimate of drug-likeness (QED) is 0.654. The third-order valence-corrected chi connectivity index (χ3v) is 4.36. The van der Waals surface area contributed by atoms with Crippen LogP contribution in [0, 0.1) is 5.92 Å². The Kier molecular flexibility index (Phi) is 5.24. The molecule has 0 aromatic heterocycles. The third kappa shape index (κ3) is 3.86. The minimum atomic E-state index is -0.231. The zero-order valence-electron chi connectivity index (χ0n) is 14.5. The lowest BCUT2D eigenvalue weighted by Gasteiger charge is -2.11. The van der Waals surface area contributed by atoms with Gasteiger partial charge in [-0.3, -0.25) is 9.59 Å². The molecule has 3 rings (SSSR count). The molecule has 4 nitrogen and oxygen atoms in total. The molecule has 0 radical (unpaired) electrons. The highest BCUT2D eigenvalue weighted by Gasteiger charge is 2.12. The number of amides is 2. The number of carbonyl (C=O) groups excluding carboxylic acids is 2. The predicted molar refractivity (Wildman–Crippen MR) is 107 cm³/mol. The summed E-state index contributed by atoms with van der Waals surface area (Å²) in [5, 5.41) is 7.94. The van der Waals surface area contributed by atoms with Crippen molar-refractivity contribution >= 4 is 45.6 Å². The van der Waals surface area contributed by atoms with Crippen molar-refractivity contribution < 1.29 is 9.59 Å². The maximum Gasteiger partial charge on any atom is 0.256 e. The van der Waals surface area contributed by atoms with E-state index >= 15 is 0 Å². The topological polar surface area (TPSA) is 58.2 Å². The molecule has 2 amide bonds. The van der Waals surface area contributed by atoms with Crippen LogP contribution in [0.1, 0.15) is 24.2 Å². The van der Waals surface area contributed by atoms with E-state index in [4.69, 9.17) is 11.6 Å². The van der Waals surface area contributed by atoms with Crippen molar-refractivity contribution in [3.05, 3.63) is 71.2 Å². The van der Waals surface area contributed by atoms with Gasteiger partial charge in [0.2, 0.25) is 5.91 Å². The molecule has 26 heavy (non-hydrogen) atoms. The molecule has 0 spiro atoms. The van der Waals surface area contributed by atoms with Gasteiger partial charge in [-0.2, -0.15) is 0 Å². The van der Waals surface area contributed by atoms with Crippen molar-refractivity contribution in [2.24, 2.45) is 5.92 Å². The van der Waals surface area contributed by atoms with Gasteiger partial charge in [0.25, 0.3) is 5.91 Å². The molecule has 0 atom stereocenters. The molecule has 0 unspecified atom stereocenters. The molecule has 0 aliphatic heterocycles. The summed E-state index contributed by atoms with van der Waals surface area (Å²) in [6.45, 7) is 3.65. The fourth-order valence-corrected chi connectivity index (χ4v) is 2.87. The van der Waals surface area contributed by atoms with Gasteiger partial charge in [-0.05, 0) is 35.7 Å². The second-order valence-electron chi connectivity index (χ2n) is 6.32. The Morgan fingerprint density at radius 2 is 1.46 bits per heavy atom. The number of fused-ring (bicyclic) bond motifs is 1. The first-order valence-electron chi connectivity index (χ1n) is 8.35. The van der Waals surface area contributed by atoms with Crippen LogP contribution in [0.25, 0.3) is 10.8 Å². The summed E-state index contributed by atoms with van der Waals surface area (Å²) in [4.78, 5) is 24.6. The molecule has 0 bridgehead atoms. The SMILES string of the molecule is CC(C)C(=O)Nc1cccc(NC(=O)c2cccc3c(Cl)cccc23)c1. The fourth-order valence-electron chi connectivity index (χ4n) is 2.63. The number of nitrogens with one attached hydrogen (secondary N) is 2. The van der Waals surface area contributed by atoms with Crippen molar-refractivity contribution in [2.45, 2.75) is 13.8 Å². The van der Waals surface area contributed by atoms with Gasteiger partial charge in [0.1, 0.15) is 0 Å². The molecule has 3 aromatic carbocycles. The first kappa shape index (κ1) is 18.0. The maximum absolute atomic E-state index is 12.7. The molecule has 0 heterocycles. The molecule has 3 aromatic rings. The summed E-state index contributed by atoms with van der Waals surface area (Å²) in [6.07, 6.45) is 0. The smallest absolute Gasteiger partial charge is 0.256 e. The summed E-state index contributed by atoms with van der Waals surface area (Å²) in [5.41, 5.74) is 1.79. The van der Waals surface area contributed by atoms with Gasteiger partial charge in [0.15, 0.2) is 0 Å². The third-order valence-electron chi connectivity index (χ3n) is 4.03. The van der Waals surface area contributed by atoms with Gasteiger partial charge in [-0.15, -0.1) is 0 Å².